The summed E-state index contributed by atoms with van der Waals surface area (Å²) in [4.78, 5) is 20.0. The van der Waals surface area contributed by atoms with Gasteiger partial charge in [0.05, 0.1) is 11.3 Å². The van der Waals surface area contributed by atoms with Crippen molar-refractivity contribution >= 4 is 22.4 Å². The molecule has 0 saturated heterocycles. The Bertz CT molecular complexity index is 696. The molecule has 5 nitrogen and oxygen atoms in total. The van der Waals surface area contributed by atoms with Gasteiger partial charge in [-0.15, -0.1) is 11.3 Å². The van der Waals surface area contributed by atoms with Crippen LogP contribution in [0.2, 0.25) is 0 Å². The number of aromatic nitrogens is 2. The number of pyridine rings is 1. The van der Waals surface area contributed by atoms with Crippen LogP contribution in [0.5, 0.6) is 5.88 Å². The van der Waals surface area contributed by atoms with Gasteiger partial charge >= 0.3 is 6.18 Å². The lowest BCUT2D eigenvalue weighted by molar-refractivity contribution is -0.154. The summed E-state index contributed by atoms with van der Waals surface area (Å²) in [6.45, 7) is -1.42. The molecule has 2 aromatic rings. The van der Waals surface area contributed by atoms with Crippen molar-refractivity contribution in [1.29, 1.82) is 0 Å². The number of hydrogen-bond acceptors (Lipinski definition) is 5. The minimum absolute atomic E-state index is 0.191. The molecule has 1 N–H and O–H groups in total. The van der Waals surface area contributed by atoms with E-state index >= 15 is 0 Å². The number of thiazole rings is 1. The zero-order valence-corrected chi connectivity index (χ0v) is 12.6. The van der Waals surface area contributed by atoms with Gasteiger partial charge in [-0.3, -0.25) is 10.1 Å². The van der Waals surface area contributed by atoms with Crippen molar-refractivity contribution in [1.82, 2.24) is 9.97 Å². The number of carbonyl (C=O) groups excluding carboxylic acids is 1. The Hall–Kier alpha value is -2.16. The van der Waals surface area contributed by atoms with Crippen LogP contribution in [0.4, 0.5) is 18.3 Å². The van der Waals surface area contributed by atoms with E-state index in [4.69, 9.17) is 0 Å². The van der Waals surface area contributed by atoms with Gasteiger partial charge in [-0.25, -0.2) is 9.97 Å². The highest BCUT2D eigenvalue weighted by Crippen LogP contribution is 2.40. The molecule has 0 aromatic carbocycles. The first-order chi connectivity index (χ1) is 10.9. The predicted octanol–water partition coefficient (Wildman–Crippen LogP) is 3.61. The lowest BCUT2D eigenvalue weighted by atomic mass is 10.3. The van der Waals surface area contributed by atoms with E-state index in [1.165, 1.54) is 23.5 Å². The van der Waals surface area contributed by atoms with E-state index in [9.17, 15) is 18.0 Å². The normalized spacial score (nSPS) is 14.6. The second-order valence-electron chi connectivity index (χ2n) is 5.09. The molecule has 0 aliphatic heterocycles. The summed E-state index contributed by atoms with van der Waals surface area (Å²) in [5.41, 5.74) is 1.20. The second-order valence-corrected chi connectivity index (χ2v) is 5.95. The number of anilines is 1. The summed E-state index contributed by atoms with van der Waals surface area (Å²) < 4.78 is 40.6. The Kier molecular flexibility index (Phi) is 4.20. The zero-order valence-electron chi connectivity index (χ0n) is 11.8. The van der Waals surface area contributed by atoms with E-state index < -0.39 is 18.7 Å². The fourth-order valence-electron chi connectivity index (χ4n) is 1.84. The zero-order chi connectivity index (χ0) is 16.4. The molecular weight excluding hydrogens is 331 g/mol. The van der Waals surface area contributed by atoms with Gasteiger partial charge in [0.2, 0.25) is 5.88 Å². The van der Waals surface area contributed by atoms with E-state index in [0.29, 0.717) is 11.0 Å². The van der Waals surface area contributed by atoms with Crippen molar-refractivity contribution in [2.24, 2.45) is 0 Å². The van der Waals surface area contributed by atoms with Crippen LogP contribution in [-0.2, 0) is 0 Å². The molecule has 1 aliphatic rings. The molecular formula is C14H12F3N3O2S. The molecule has 1 aliphatic carbocycles. The Morgan fingerprint density at radius 1 is 1.39 bits per heavy atom. The summed E-state index contributed by atoms with van der Waals surface area (Å²) in [5.74, 6) is -0.107. The maximum absolute atomic E-state index is 12.0. The number of ether oxygens (including phenoxy) is 1. The third-order valence-corrected chi connectivity index (χ3v) is 3.90. The lowest BCUT2D eigenvalue weighted by Gasteiger charge is -2.08. The summed E-state index contributed by atoms with van der Waals surface area (Å²) in [7, 11) is 0. The summed E-state index contributed by atoms with van der Waals surface area (Å²) in [6.07, 6.45) is -1.01. The Morgan fingerprint density at radius 2 is 2.17 bits per heavy atom. The quantitative estimate of drug-likeness (QED) is 0.901. The smallest absolute Gasteiger partial charge is 0.422 e. The van der Waals surface area contributed by atoms with Gasteiger partial charge in [-0.2, -0.15) is 13.2 Å². The largest absolute Gasteiger partial charge is 0.468 e. The highest BCUT2D eigenvalue weighted by molar-refractivity contribution is 7.14. The molecule has 1 saturated carbocycles. The topological polar surface area (TPSA) is 64.1 Å². The van der Waals surface area contributed by atoms with Crippen molar-refractivity contribution < 1.29 is 22.7 Å². The molecule has 1 amide bonds. The minimum atomic E-state index is -4.43. The van der Waals surface area contributed by atoms with Gasteiger partial charge in [0.25, 0.3) is 5.91 Å². The third kappa shape index (κ3) is 4.41. The molecule has 3 rings (SSSR count). The molecule has 0 unspecified atom stereocenters. The van der Waals surface area contributed by atoms with Crippen LogP contribution in [0.25, 0.3) is 0 Å². The first-order valence-corrected chi connectivity index (χ1v) is 7.71. The number of nitrogens with one attached hydrogen (secondary N) is 1. The van der Waals surface area contributed by atoms with Crippen LogP contribution < -0.4 is 10.1 Å². The Morgan fingerprint density at radius 3 is 2.78 bits per heavy atom. The van der Waals surface area contributed by atoms with E-state index in [1.807, 2.05) is 5.38 Å². The second kappa shape index (κ2) is 6.15. The average Bonchev–Trinajstić information content (AvgIpc) is 3.25. The molecule has 0 bridgehead atoms. The molecule has 2 aromatic heterocycles. The van der Waals surface area contributed by atoms with Crippen LogP contribution in [0.15, 0.2) is 23.7 Å². The van der Waals surface area contributed by atoms with Gasteiger partial charge in [-0.05, 0) is 18.9 Å². The number of hydrogen-bond donors (Lipinski definition) is 1. The van der Waals surface area contributed by atoms with Gasteiger partial charge in [0.1, 0.15) is 0 Å². The third-order valence-electron chi connectivity index (χ3n) is 3.12. The van der Waals surface area contributed by atoms with Gasteiger partial charge in [-0.1, -0.05) is 0 Å². The van der Waals surface area contributed by atoms with Crippen molar-refractivity contribution in [3.05, 3.63) is 35.0 Å². The highest BCUT2D eigenvalue weighted by atomic mass is 32.1. The van der Waals surface area contributed by atoms with Crippen molar-refractivity contribution in [3.63, 3.8) is 0 Å². The van der Waals surface area contributed by atoms with Crippen molar-refractivity contribution in [3.8, 4) is 5.88 Å². The van der Waals surface area contributed by atoms with E-state index in [0.717, 1.165) is 24.7 Å². The number of halogens is 3. The van der Waals surface area contributed by atoms with Crippen LogP contribution in [0, 0.1) is 0 Å². The molecule has 0 spiro atoms. The van der Waals surface area contributed by atoms with E-state index in [2.05, 4.69) is 20.0 Å². The van der Waals surface area contributed by atoms with Crippen molar-refractivity contribution in [2.75, 3.05) is 11.9 Å². The minimum Gasteiger partial charge on any atom is -0.468 e. The molecule has 2 heterocycles. The summed E-state index contributed by atoms with van der Waals surface area (Å²) in [6, 6.07) is 2.57. The maximum atomic E-state index is 12.0. The van der Waals surface area contributed by atoms with Crippen molar-refractivity contribution in [2.45, 2.75) is 24.9 Å². The van der Waals surface area contributed by atoms with Gasteiger partial charge < -0.3 is 4.74 Å². The highest BCUT2D eigenvalue weighted by Gasteiger charge is 2.28. The number of amides is 1. The van der Waals surface area contributed by atoms with E-state index in [-0.39, 0.29) is 11.4 Å². The van der Waals surface area contributed by atoms with Gasteiger partial charge in [0.15, 0.2) is 11.7 Å². The molecule has 9 heteroatoms. The fourth-order valence-corrected chi connectivity index (χ4v) is 2.62. The fraction of sp³-hybridized carbons (Fsp3) is 0.357. The van der Waals surface area contributed by atoms with Crippen LogP contribution in [0.1, 0.15) is 34.8 Å². The monoisotopic (exact) mass is 343 g/mol. The standard InChI is InChI=1S/C14H12F3N3O2S/c15-14(16,17)7-22-11-4-3-9(5-18-11)12(21)20-13-19-10(6-23-13)8-1-2-8/h3-6,8H,1-2,7H2,(H,19,20,21). The average molecular weight is 343 g/mol. The molecule has 0 radical (unpaired) electrons. The SMILES string of the molecule is O=C(Nc1nc(C2CC2)cs1)c1ccc(OCC(F)(F)F)nc1. The molecule has 0 atom stereocenters. The number of carbonyl (C=O) groups is 1. The van der Waals surface area contributed by atoms with Crippen LogP contribution >= 0.6 is 11.3 Å². The molecule has 122 valence electrons. The number of nitrogens with zero attached hydrogens (tertiary/aromatic N) is 2. The summed E-state index contributed by atoms with van der Waals surface area (Å²) in [5, 5.41) is 5.06. The number of alkyl halides is 3. The molecule has 23 heavy (non-hydrogen) atoms. The van der Waals surface area contributed by atoms with Gasteiger partial charge in [0, 0.05) is 23.6 Å². The summed E-state index contributed by atoms with van der Waals surface area (Å²) >= 11 is 1.34. The predicted molar refractivity (Wildman–Crippen MR) is 77.8 cm³/mol. The van der Waals surface area contributed by atoms with E-state index in [1.54, 1.807) is 0 Å². The Labute approximate surface area is 133 Å². The Balaban J connectivity index is 1.58. The molecule has 1 fully saturated rings. The maximum Gasteiger partial charge on any atom is 0.422 e. The van der Waals surface area contributed by atoms with Crippen LogP contribution in [-0.4, -0.2) is 28.7 Å². The first kappa shape index (κ1) is 15.7. The van der Waals surface area contributed by atoms with Crippen LogP contribution in [0.3, 0.4) is 0 Å². The lowest BCUT2D eigenvalue weighted by Crippen LogP contribution is -2.19. The number of rotatable bonds is 5. The first-order valence-electron chi connectivity index (χ1n) is 6.83.